The molecule has 1 saturated heterocycles. The molecule has 1 atom stereocenters. The fraction of sp³-hybridized carbons (Fsp3) is 0.455. The summed E-state index contributed by atoms with van der Waals surface area (Å²) in [4.78, 5) is 37.2. The minimum absolute atomic E-state index is 0.0610. The second kappa shape index (κ2) is 10.7. The smallest absolute Gasteiger partial charge is 0.415 e. The summed E-state index contributed by atoms with van der Waals surface area (Å²) in [6, 6.07) is 8.35. The van der Waals surface area contributed by atoms with Crippen molar-refractivity contribution in [2.24, 2.45) is 0 Å². The zero-order chi connectivity index (χ0) is 23.2. The molecule has 2 aliphatic heterocycles. The van der Waals surface area contributed by atoms with Crippen LogP contribution < -0.4 is 10.2 Å². The average Bonchev–Trinajstić information content (AvgIpc) is 2.83. The first-order valence-corrected chi connectivity index (χ1v) is 11.2. The van der Waals surface area contributed by atoms with E-state index in [4.69, 9.17) is 4.74 Å². The van der Waals surface area contributed by atoms with E-state index in [-0.39, 0.29) is 19.2 Å². The van der Waals surface area contributed by atoms with Crippen LogP contribution in [-0.2, 0) is 22.7 Å². The number of carbonyl (C=O) groups is 2. The second-order valence-corrected chi connectivity index (χ2v) is 8.29. The lowest BCUT2D eigenvalue weighted by atomic mass is 9.93. The molecule has 3 heterocycles. The molecule has 2 aromatic rings. The van der Waals surface area contributed by atoms with E-state index in [9.17, 15) is 14.0 Å². The lowest BCUT2D eigenvalue weighted by Gasteiger charge is -2.33. The van der Waals surface area contributed by atoms with Gasteiger partial charge in [0.05, 0.1) is 24.3 Å². The van der Waals surface area contributed by atoms with Gasteiger partial charge in [0, 0.05) is 38.9 Å². The molecule has 0 aliphatic carbocycles. The first-order valence-electron chi connectivity index (χ1n) is 11.2. The predicted octanol–water partition coefficient (Wildman–Crippen LogP) is 1.74. The Labute approximate surface area is 193 Å². The number of carbonyl (C=O) groups excluding carboxylic acids is 2. The van der Waals surface area contributed by atoms with E-state index in [1.54, 1.807) is 6.20 Å². The summed E-state index contributed by atoms with van der Waals surface area (Å²) in [7, 11) is 0.513. The highest BCUT2D eigenvalue weighted by Gasteiger charge is 2.28. The highest BCUT2D eigenvalue weighted by atomic mass is 19.1. The second-order valence-electron chi connectivity index (χ2n) is 8.29. The van der Waals surface area contributed by atoms with Crippen molar-refractivity contribution < 1.29 is 18.7 Å². The molecule has 1 amide bonds. The van der Waals surface area contributed by atoms with Crippen LogP contribution in [0.25, 0.3) is 0 Å². The minimum atomic E-state index is -0.682. The van der Waals surface area contributed by atoms with Crippen LogP contribution in [-0.4, -0.2) is 78.8 Å². The Hall–Kier alpha value is -3.05. The minimum Gasteiger partial charge on any atom is -0.444 e. The van der Waals surface area contributed by atoms with E-state index >= 15 is 0 Å². The maximum absolute atomic E-state index is 12.9. The van der Waals surface area contributed by atoms with Gasteiger partial charge in [-0.25, -0.2) is 14.2 Å². The number of fused-ring (bicyclic) bond motifs is 1. The van der Waals surface area contributed by atoms with Gasteiger partial charge in [0.15, 0.2) is 0 Å². The molecule has 1 N–H and O–H groups in total. The normalized spacial score (nSPS) is 17.8. The number of anilines is 2. The van der Waals surface area contributed by atoms with E-state index in [1.165, 1.54) is 10.5 Å². The molecule has 1 fully saturated rings. The number of hydrogen-bond acceptors (Lipinski definition) is 8. The van der Waals surface area contributed by atoms with Gasteiger partial charge < -0.3 is 19.7 Å². The van der Waals surface area contributed by atoms with E-state index in [0.717, 1.165) is 44.5 Å². The Bertz CT molecular complexity index is 971. The lowest BCUT2D eigenvalue weighted by molar-refractivity contribution is 0.140. The van der Waals surface area contributed by atoms with Gasteiger partial charge in [-0.2, -0.15) is 4.98 Å². The van der Waals surface area contributed by atoms with Crippen molar-refractivity contribution >= 4 is 31.5 Å². The molecule has 1 aromatic carbocycles. The van der Waals surface area contributed by atoms with Gasteiger partial charge in [-0.05, 0) is 18.1 Å². The lowest BCUT2D eigenvalue weighted by Crippen LogP contribution is -2.47. The summed E-state index contributed by atoms with van der Waals surface area (Å²) < 4.78 is 17.9. The Morgan fingerprint density at radius 2 is 2.00 bits per heavy atom. The predicted molar refractivity (Wildman–Crippen MR) is 125 cm³/mol. The highest BCUT2D eigenvalue weighted by Crippen LogP contribution is 2.26. The van der Waals surface area contributed by atoms with Crippen molar-refractivity contribution in [3.63, 3.8) is 0 Å². The van der Waals surface area contributed by atoms with Crippen LogP contribution in [0.1, 0.15) is 29.7 Å². The van der Waals surface area contributed by atoms with Crippen molar-refractivity contribution in [3.05, 3.63) is 47.2 Å². The zero-order valence-corrected chi connectivity index (χ0v) is 18.7. The van der Waals surface area contributed by atoms with E-state index < -0.39 is 12.8 Å². The van der Waals surface area contributed by atoms with Crippen LogP contribution in [0.15, 0.2) is 30.5 Å². The number of amides is 1. The number of nitrogens with one attached hydrogen (secondary N) is 1. The fourth-order valence-electron chi connectivity index (χ4n) is 4.07. The summed E-state index contributed by atoms with van der Waals surface area (Å²) >= 11 is 0. The number of benzene rings is 1. The van der Waals surface area contributed by atoms with Crippen molar-refractivity contribution in [2.45, 2.75) is 26.1 Å². The van der Waals surface area contributed by atoms with Crippen LogP contribution in [0.3, 0.4) is 0 Å². The summed E-state index contributed by atoms with van der Waals surface area (Å²) in [6.45, 7) is 5.93. The Morgan fingerprint density at radius 3 is 2.70 bits per heavy atom. The molecule has 4 rings (SSSR count). The number of aromatic nitrogens is 2. The molecule has 0 unspecified atom stereocenters. The monoisotopic (exact) mass is 454 g/mol. The molecular weight excluding hydrogens is 426 g/mol. The van der Waals surface area contributed by atoms with Crippen molar-refractivity contribution in [3.8, 4) is 0 Å². The third-order valence-corrected chi connectivity index (χ3v) is 6.01. The Morgan fingerprint density at radius 1 is 1.24 bits per heavy atom. The van der Waals surface area contributed by atoms with Gasteiger partial charge in [-0.3, -0.25) is 9.80 Å². The number of hydrogen-bond donors (Lipinski definition) is 1. The van der Waals surface area contributed by atoms with Gasteiger partial charge in [-0.15, -0.1) is 0 Å². The first kappa shape index (κ1) is 23.1. The molecule has 11 heteroatoms. The SMILES string of the molecule is C[C@H](Nc1ncc2c(n1)N(CCF)C(=O)OC2)c1ccc(CN2CCN(BC=O)CC2)cc1. The van der Waals surface area contributed by atoms with Crippen LogP contribution >= 0.6 is 0 Å². The molecule has 2 aliphatic rings. The van der Waals surface area contributed by atoms with Crippen molar-refractivity contribution in [1.29, 1.82) is 0 Å². The van der Waals surface area contributed by atoms with Gasteiger partial charge in [0.25, 0.3) is 7.41 Å². The zero-order valence-electron chi connectivity index (χ0n) is 18.7. The fourth-order valence-corrected chi connectivity index (χ4v) is 4.07. The number of nitrogens with zero attached hydrogens (tertiary/aromatic N) is 5. The standard InChI is InChI=1S/C22H28BFN6O3/c1-16(26-21-25-12-19-14-33-22(32)30(7-6-24)20(19)27-21)18-4-2-17(3-5-18)13-28-8-10-29(11-9-28)23-15-31/h2-5,12,15-16,23H,6-11,13-14H2,1H3,(H,25,26,27)/t16-/m0/s1. The van der Waals surface area contributed by atoms with Gasteiger partial charge in [-0.1, -0.05) is 24.3 Å². The number of halogens is 1. The third-order valence-electron chi connectivity index (χ3n) is 6.01. The van der Waals surface area contributed by atoms with Gasteiger partial charge in [0.2, 0.25) is 5.95 Å². The molecule has 0 radical (unpaired) electrons. The largest absolute Gasteiger partial charge is 0.444 e. The summed E-state index contributed by atoms with van der Waals surface area (Å²) in [5, 5.41) is 3.26. The van der Waals surface area contributed by atoms with E-state index in [1.807, 2.05) is 6.92 Å². The van der Waals surface area contributed by atoms with E-state index in [0.29, 0.717) is 24.7 Å². The first-order chi connectivity index (χ1) is 16.1. The highest BCUT2D eigenvalue weighted by molar-refractivity contribution is 6.64. The molecule has 0 saturated carbocycles. The van der Waals surface area contributed by atoms with Crippen LogP contribution in [0.5, 0.6) is 0 Å². The van der Waals surface area contributed by atoms with E-state index in [2.05, 4.69) is 49.3 Å². The molecule has 9 nitrogen and oxygen atoms in total. The number of cyclic esters (lactones) is 1. The molecule has 33 heavy (non-hydrogen) atoms. The summed E-state index contributed by atoms with van der Waals surface area (Å²) in [5.74, 6) is 0.759. The Kier molecular flexibility index (Phi) is 7.51. The van der Waals surface area contributed by atoms with Crippen molar-refractivity contribution in [2.75, 3.05) is 49.6 Å². The number of piperazine rings is 1. The quantitative estimate of drug-likeness (QED) is 0.453. The third kappa shape index (κ3) is 5.66. The summed E-state index contributed by atoms with van der Waals surface area (Å²) in [5.41, 5.74) is 2.97. The molecule has 0 spiro atoms. The van der Waals surface area contributed by atoms with Crippen molar-refractivity contribution in [1.82, 2.24) is 19.7 Å². The summed E-state index contributed by atoms with van der Waals surface area (Å²) in [6.07, 6.45) is 1.97. The number of ether oxygens (including phenoxy) is 1. The average molecular weight is 454 g/mol. The van der Waals surface area contributed by atoms with Crippen LogP contribution in [0.4, 0.5) is 21.0 Å². The molecule has 1 aromatic heterocycles. The molecule has 174 valence electrons. The molecular formula is C22H28BFN6O3. The van der Waals surface area contributed by atoms with Gasteiger partial charge >= 0.3 is 6.09 Å². The molecule has 0 bridgehead atoms. The topological polar surface area (TPSA) is 90.9 Å². The maximum atomic E-state index is 12.9. The number of rotatable bonds is 9. The van der Waals surface area contributed by atoms with Crippen LogP contribution in [0.2, 0.25) is 0 Å². The van der Waals surface area contributed by atoms with Gasteiger partial charge in [0.1, 0.15) is 19.1 Å². The Balaban J connectivity index is 1.36. The van der Waals surface area contributed by atoms with Crippen LogP contribution in [0, 0.1) is 0 Å². The number of alkyl halides is 1. The maximum Gasteiger partial charge on any atom is 0.415 e.